The number of para-hydroxylation sites is 2. The van der Waals surface area contributed by atoms with Crippen LogP contribution in [0.4, 0.5) is 0 Å². The van der Waals surface area contributed by atoms with Crippen LogP contribution in [0.5, 0.6) is 0 Å². The van der Waals surface area contributed by atoms with Gasteiger partial charge in [-0.2, -0.15) is 12.4 Å². The summed E-state index contributed by atoms with van der Waals surface area (Å²) in [6, 6.07) is 6.40. The Balaban J connectivity index is 3.03. The molecule has 0 radical (unpaired) electrons. The molecule has 0 saturated carbocycles. The van der Waals surface area contributed by atoms with Crippen molar-refractivity contribution in [2.24, 2.45) is 5.14 Å². The Morgan fingerprint density at radius 3 is 2.57 bits per heavy atom. The van der Waals surface area contributed by atoms with Crippen molar-refractivity contribution in [1.29, 1.82) is 0 Å². The zero-order valence-electron chi connectivity index (χ0n) is 6.97. The molecular weight excluding hydrogens is 206 g/mol. The molecule has 0 amide bonds. The summed E-state index contributed by atoms with van der Waals surface area (Å²) in [6.45, 7) is 0. The Kier molecular flexibility index (Phi) is 1.73. The molecule has 0 aliphatic carbocycles. The lowest BCUT2D eigenvalue weighted by molar-refractivity contribution is 0.589. The number of rotatable bonds is 1. The third-order valence-corrected chi connectivity index (χ3v) is 2.67. The van der Waals surface area contributed by atoms with Gasteiger partial charge in [-0.3, -0.25) is 0 Å². The van der Waals surface area contributed by atoms with Crippen molar-refractivity contribution in [2.75, 3.05) is 0 Å². The van der Waals surface area contributed by atoms with Gasteiger partial charge in [-0.1, -0.05) is 12.1 Å². The van der Waals surface area contributed by atoms with Gasteiger partial charge in [0.15, 0.2) is 0 Å². The molecule has 0 aliphatic heterocycles. The maximum absolute atomic E-state index is 11.2. The highest BCUT2D eigenvalue weighted by Crippen LogP contribution is 2.09. The van der Waals surface area contributed by atoms with Crippen LogP contribution < -0.4 is 10.8 Å². The third-order valence-electron chi connectivity index (χ3n) is 1.80. The van der Waals surface area contributed by atoms with E-state index in [-0.39, 0.29) is 5.52 Å². The molecule has 0 unspecified atom stereocenters. The van der Waals surface area contributed by atoms with Gasteiger partial charge >= 0.3 is 15.9 Å². The number of nitrogens with one attached hydrogen (secondary N) is 1. The Morgan fingerprint density at radius 2 is 1.93 bits per heavy atom. The van der Waals surface area contributed by atoms with Crippen LogP contribution in [0.3, 0.4) is 0 Å². The molecule has 0 spiro atoms. The van der Waals surface area contributed by atoms with Crippen molar-refractivity contribution in [3.8, 4) is 0 Å². The summed E-state index contributed by atoms with van der Waals surface area (Å²) in [6.07, 6.45) is 0. The average Bonchev–Trinajstić information content (AvgIpc) is 2.38. The molecule has 0 aliphatic rings. The molecule has 7 heteroatoms. The van der Waals surface area contributed by atoms with Gasteiger partial charge in [0.2, 0.25) is 0 Å². The van der Waals surface area contributed by atoms with Gasteiger partial charge < -0.3 is 4.98 Å². The standard InChI is InChI=1S/C7H7N3O3S/c8-14(12,13)10-6-4-2-1-3-5(6)9-7(10)11/h1-4H,(H,9,11)(H2,8,12,13). The minimum atomic E-state index is -4.04. The van der Waals surface area contributed by atoms with Gasteiger partial charge in [-0.15, -0.1) is 0 Å². The van der Waals surface area contributed by atoms with Gasteiger partial charge in [0.05, 0.1) is 11.0 Å². The van der Waals surface area contributed by atoms with Crippen molar-refractivity contribution in [3.63, 3.8) is 0 Å². The number of hydrogen-bond donors (Lipinski definition) is 2. The maximum Gasteiger partial charge on any atom is 0.341 e. The van der Waals surface area contributed by atoms with Gasteiger partial charge in [-0.25, -0.2) is 9.93 Å². The van der Waals surface area contributed by atoms with E-state index in [4.69, 9.17) is 5.14 Å². The number of aromatic amines is 1. The molecule has 0 saturated heterocycles. The lowest BCUT2D eigenvalue weighted by Gasteiger charge is -1.97. The fourth-order valence-corrected chi connectivity index (χ4v) is 1.99. The molecule has 74 valence electrons. The van der Waals surface area contributed by atoms with Crippen molar-refractivity contribution >= 4 is 21.2 Å². The number of benzene rings is 1. The Labute approximate surface area is 79.1 Å². The summed E-state index contributed by atoms with van der Waals surface area (Å²) >= 11 is 0. The minimum absolute atomic E-state index is 0.250. The number of fused-ring (bicyclic) bond motifs is 1. The number of nitrogens with two attached hydrogens (primary N) is 1. The quantitative estimate of drug-likeness (QED) is 0.660. The average molecular weight is 213 g/mol. The molecular formula is C7H7N3O3S. The van der Waals surface area contributed by atoms with Crippen LogP contribution in [0.2, 0.25) is 0 Å². The Bertz CT molecular complexity index is 637. The third kappa shape index (κ3) is 1.22. The molecule has 2 rings (SSSR count). The molecule has 1 aromatic heterocycles. The monoisotopic (exact) mass is 213 g/mol. The first-order chi connectivity index (χ1) is 6.50. The fourth-order valence-electron chi connectivity index (χ4n) is 1.28. The number of hydrogen-bond acceptors (Lipinski definition) is 3. The fraction of sp³-hybridized carbons (Fsp3) is 0. The predicted molar refractivity (Wildman–Crippen MR) is 51.1 cm³/mol. The first kappa shape index (κ1) is 8.97. The van der Waals surface area contributed by atoms with E-state index in [0.717, 1.165) is 0 Å². The first-order valence-electron chi connectivity index (χ1n) is 3.73. The Hall–Kier alpha value is -1.60. The van der Waals surface area contributed by atoms with E-state index in [1.165, 1.54) is 6.07 Å². The number of aromatic nitrogens is 2. The zero-order valence-corrected chi connectivity index (χ0v) is 7.78. The highest BCUT2D eigenvalue weighted by molar-refractivity contribution is 7.87. The van der Waals surface area contributed by atoms with Crippen LogP contribution in [0.1, 0.15) is 0 Å². The lowest BCUT2D eigenvalue weighted by Crippen LogP contribution is -2.30. The molecule has 14 heavy (non-hydrogen) atoms. The molecule has 1 aromatic carbocycles. The smallest absolute Gasteiger partial charge is 0.305 e. The van der Waals surface area contributed by atoms with Crippen molar-refractivity contribution < 1.29 is 8.42 Å². The van der Waals surface area contributed by atoms with E-state index in [2.05, 4.69) is 4.98 Å². The van der Waals surface area contributed by atoms with E-state index in [0.29, 0.717) is 9.49 Å². The van der Waals surface area contributed by atoms with E-state index < -0.39 is 15.9 Å². The molecule has 1 heterocycles. The van der Waals surface area contributed by atoms with Crippen LogP contribution >= 0.6 is 0 Å². The molecule has 0 bridgehead atoms. The normalized spacial score (nSPS) is 12.1. The maximum atomic E-state index is 11.2. The zero-order chi connectivity index (χ0) is 10.3. The predicted octanol–water partition coefficient (Wildman–Crippen LogP) is -0.619. The van der Waals surface area contributed by atoms with Crippen LogP contribution in [0.25, 0.3) is 11.0 Å². The van der Waals surface area contributed by atoms with Gasteiger partial charge in [0, 0.05) is 0 Å². The van der Waals surface area contributed by atoms with Crippen LogP contribution in [0, 0.1) is 0 Å². The van der Waals surface area contributed by atoms with E-state index in [9.17, 15) is 13.2 Å². The summed E-state index contributed by atoms with van der Waals surface area (Å²) < 4.78 is 22.6. The van der Waals surface area contributed by atoms with E-state index >= 15 is 0 Å². The largest absolute Gasteiger partial charge is 0.341 e. The highest BCUT2D eigenvalue weighted by Gasteiger charge is 2.14. The van der Waals surface area contributed by atoms with Crippen LogP contribution in [-0.2, 0) is 10.2 Å². The van der Waals surface area contributed by atoms with Gasteiger partial charge in [0.1, 0.15) is 0 Å². The van der Waals surface area contributed by atoms with Crippen molar-refractivity contribution in [1.82, 2.24) is 8.96 Å². The van der Waals surface area contributed by atoms with Crippen LogP contribution in [-0.4, -0.2) is 17.4 Å². The van der Waals surface area contributed by atoms with E-state index in [1.54, 1.807) is 18.2 Å². The molecule has 6 nitrogen and oxygen atoms in total. The number of imidazole rings is 1. The lowest BCUT2D eigenvalue weighted by atomic mass is 10.3. The first-order valence-corrected chi connectivity index (χ1v) is 5.23. The summed E-state index contributed by atoms with van der Waals surface area (Å²) in [5, 5.41) is 4.88. The molecule has 0 atom stereocenters. The van der Waals surface area contributed by atoms with Gasteiger partial charge in [0.25, 0.3) is 0 Å². The van der Waals surface area contributed by atoms with Gasteiger partial charge in [-0.05, 0) is 12.1 Å². The molecule has 2 aromatic rings. The molecule has 3 N–H and O–H groups in total. The summed E-state index contributed by atoms with van der Waals surface area (Å²) in [5.74, 6) is 0. The number of nitrogens with zero attached hydrogens (tertiary/aromatic N) is 1. The summed E-state index contributed by atoms with van der Waals surface area (Å²) in [4.78, 5) is 13.6. The minimum Gasteiger partial charge on any atom is -0.305 e. The SMILES string of the molecule is NS(=O)(=O)n1c(=O)[nH]c2ccccc21. The number of H-pyrrole nitrogens is 1. The second-order valence-corrected chi connectivity index (χ2v) is 4.15. The highest BCUT2D eigenvalue weighted by atomic mass is 32.2. The second-order valence-electron chi connectivity index (χ2n) is 2.76. The van der Waals surface area contributed by atoms with Crippen molar-refractivity contribution in [2.45, 2.75) is 0 Å². The van der Waals surface area contributed by atoms with E-state index in [1.807, 2.05) is 0 Å². The summed E-state index contributed by atoms with van der Waals surface area (Å²) in [7, 11) is -4.04. The van der Waals surface area contributed by atoms with Crippen LogP contribution in [0.15, 0.2) is 29.1 Å². The van der Waals surface area contributed by atoms with Crippen molar-refractivity contribution in [3.05, 3.63) is 34.7 Å². The topological polar surface area (TPSA) is 97.9 Å². The Morgan fingerprint density at radius 1 is 1.29 bits per heavy atom. The summed E-state index contributed by atoms with van der Waals surface area (Å²) in [5.41, 5.74) is -0.0692. The second kappa shape index (κ2) is 2.69. The molecule has 0 fully saturated rings.